The zero-order valence-corrected chi connectivity index (χ0v) is 75.0. The van der Waals surface area contributed by atoms with Crippen LogP contribution in [-0.4, -0.2) is 63.5 Å². The smallest absolute Gasteiger partial charge is 0.229 e. The van der Waals surface area contributed by atoms with Crippen molar-refractivity contribution in [2.75, 3.05) is 21.3 Å². The van der Waals surface area contributed by atoms with Crippen molar-refractivity contribution < 1.29 is 36.7 Å². The van der Waals surface area contributed by atoms with Crippen molar-refractivity contribution in [2.45, 2.75) is 225 Å². The van der Waals surface area contributed by atoms with Crippen LogP contribution in [0.3, 0.4) is 0 Å². The Labute approximate surface area is 768 Å². The maximum Gasteiger partial charge on any atom is 0.229 e. The summed E-state index contributed by atoms with van der Waals surface area (Å²) in [4.78, 5) is 88.4. The fraction of sp³-hybridized carbons (Fsp3) is 0.351. The highest BCUT2D eigenvalue weighted by Crippen LogP contribution is 2.35. The third-order valence-electron chi connectivity index (χ3n) is 25.6. The van der Waals surface area contributed by atoms with Crippen molar-refractivity contribution in [3.63, 3.8) is 0 Å². The number of carbonyl (C=O) groups excluding carboxylic acids is 4. The van der Waals surface area contributed by atoms with Crippen LogP contribution in [0.4, 0.5) is 40.8 Å². The molecule has 0 aliphatic heterocycles. The van der Waals surface area contributed by atoms with Crippen LogP contribution in [0.2, 0.25) is 0 Å². The Morgan fingerprint density at radius 3 is 0.885 bits per heavy atom. The van der Waals surface area contributed by atoms with Gasteiger partial charge in [-0.25, -0.2) is 57.4 Å². The second kappa shape index (κ2) is 49.8. The minimum atomic E-state index is -0.281. The van der Waals surface area contributed by atoms with E-state index < -0.39 is 0 Å². The number of carbonyl (C=O) groups is 4. The van der Waals surface area contributed by atoms with E-state index in [0.29, 0.717) is 95.4 Å². The van der Waals surface area contributed by atoms with Gasteiger partial charge >= 0.3 is 0 Å². The molecule has 13 aromatic rings. The highest BCUT2D eigenvalue weighted by molar-refractivity contribution is 5.94. The lowest BCUT2D eigenvalue weighted by Crippen LogP contribution is -2.18. The number of rotatable bonds is 31. The minimum Gasteiger partial charge on any atom is -0.309 e. The van der Waals surface area contributed by atoms with E-state index >= 15 is 0 Å². The van der Waals surface area contributed by atoms with Crippen LogP contribution < -0.4 is 21.3 Å². The van der Waals surface area contributed by atoms with Crippen LogP contribution in [0.1, 0.15) is 218 Å². The fourth-order valence-corrected chi connectivity index (χ4v) is 18.2. The number of anilines is 4. The van der Waals surface area contributed by atoms with Crippen molar-refractivity contribution in [1.29, 1.82) is 0 Å². The second-order valence-corrected chi connectivity index (χ2v) is 35.4. The van der Waals surface area contributed by atoms with Gasteiger partial charge in [0.15, 0.2) is 23.3 Å². The van der Waals surface area contributed by atoms with Gasteiger partial charge in [-0.15, -0.1) is 0 Å². The number of nitrogens with one attached hydrogen (secondary N) is 4. The van der Waals surface area contributed by atoms with Gasteiger partial charge in [-0.1, -0.05) is 262 Å². The van der Waals surface area contributed by atoms with Gasteiger partial charge in [-0.2, -0.15) is 0 Å². The molecule has 0 bridgehead atoms. The monoisotopic (exact) mass is 1760 g/mol. The maximum absolute atomic E-state index is 13.4. The van der Waals surface area contributed by atoms with Crippen molar-refractivity contribution in [3.05, 3.63) is 324 Å². The summed E-state index contributed by atoms with van der Waals surface area (Å²) in [5.74, 6) is 3.57. The molecule has 4 aliphatic carbocycles. The standard InChI is InChI=1S/C30H30FN3O.C28H32FN3O.C27H30FN3O.C26H28FN3O/c31-26-15-13-24(14-16-26)28-20-32-30(27(33-28)17-11-21-6-2-1-3-7-21)34-29(35)19-22-10-12-23-8-4-5-9-25(23)18-22;29-24-17-15-23(16-18-24)26-20-30-28(25(31-26)19-14-22-10-5-2-6-11-22)32-27(33)13-7-12-21-8-3-1-4-9-21;28-23-15-13-22(14-16-23)25-19-29-27(24(30-25)17-11-20-7-3-1-4-8-20)31-26(32)18-12-21-9-5-2-6-10-21;27-22-14-12-21(13-15-22)24-18-28-26(30-25(31)17-20-9-5-2-6-10-20)23(29-24)16-11-19-7-3-1-4-8-19/h4-5,8-10,12-16,18,20-21H,1-3,6-7,11,17,19H2,(H,32,34,35);1,3-4,8-9,15-18,20,22H,2,5-7,10-14,19H2,(H,30,32,33);2,5-6,9-10,13-16,19-20H,1,3-4,7-8,11-12,17-18H2,(H,29,31,32);2,5-6,9-10,12-15,18-19H,1,3-4,7-8,11,16-17H2,(H,28,30,31). The van der Waals surface area contributed by atoms with Crippen LogP contribution in [0.5, 0.6) is 0 Å². The van der Waals surface area contributed by atoms with E-state index in [1.807, 2.05) is 103 Å². The second-order valence-electron chi connectivity index (χ2n) is 35.4. The number of hydrogen-bond acceptors (Lipinski definition) is 12. The summed E-state index contributed by atoms with van der Waals surface area (Å²) in [6.45, 7) is 0. The van der Waals surface area contributed by atoms with E-state index in [1.165, 1.54) is 183 Å². The highest BCUT2D eigenvalue weighted by atomic mass is 19.1. The van der Waals surface area contributed by atoms with E-state index in [4.69, 9.17) is 19.9 Å². The molecule has 0 saturated heterocycles. The minimum absolute atomic E-state index is 0.0336. The molecule has 20 heteroatoms. The average Bonchev–Trinajstić information content (AvgIpc) is 0.835. The number of amides is 4. The summed E-state index contributed by atoms with van der Waals surface area (Å²) < 4.78 is 53.4. The van der Waals surface area contributed by atoms with Crippen molar-refractivity contribution in [1.82, 2.24) is 39.9 Å². The lowest BCUT2D eigenvalue weighted by atomic mass is 9.86. The molecule has 0 spiro atoms. The number of aromatic nitrogens is 8. The van der Waals surface area contributed by atoms with Gasteiger partial charge < -0.3 is 21.3 Å². The summed E-state index contributed by atoms with van der Waals surface area (Å²) >= 11 is 0. The first-order chi connectivity index (χ1) is 64.1. The third-order valence-corrected chi connectivity index (χ3v) is 25.6. The van der Waals surface area contributed by atoms with Crippen molar-refractivity contribution in [2.24, 2.45) is 23.7 Å². The Kier molecular flexibility index (Phi) is 35.8. The highest BCUT2D eigenvalue weighted by Gasteiger charge is 2.24. The number of halogens is 4. The summed E-state index contributed by atoms with van der Waals surface area (Å²) in [5, 5.41) is 14.2. The molecule has 4 N–H and O–H groups in total. The van der Waals surface area contributed by atoms with Gasteiger partial charge in [-0.3, -0.25) is 19.2 Å². The summed E-state index contributed by atoms with van der Waals surface area (Å²) in [6, 6.07) is 69.2. The van der Waals surface area contributed by atoms with Gasteiger partial charge in [0.25, 0.3) is 0 Å². The molecule has 0 radical (unpaired) electrons. The molecule has 4 aliphatic rings. The lowest BCUT2D eigenvalue weighted by Gasteiger charge is -2.21. The Balaban J connectivity index is 0.000000141. The van der Waals surface area contributed by atoms with Gasteiger partial charge in [0.05, 0.1) is 83.2 Å². The number of hydrogen-bond donors (Lipinski definition) is 4. The molecule has 9 aromatic carbocycles. The van der Waals surface area contributed by atoms with Crippen LogP contribution in [0.25, 0.3) is 55.8 Å². The first-order valence-corrected chi connectivity index (χ1v) is 47.4. The van der Waals surface area contributed by atoms with E-state index in [1.54, 1.807) is 73.3 Å². The van der Waals surface area contributed by atoms with E-state index in [0.717, 1.165) is 137 Å². The number of nitrogens with zero attached hydrogens (tertiary/aromatic N) is 8. The van der Waals surface area contributed by atoms with Gasteiger partial charge in [-0.05, 0) is 224 Å². The molecule has 4 heterocycles. The number of benzene rings is 9. The first-order valence-electron chi connectivity index (χ1n) is 47.4. The lowest BCUT2D eigenvalue weighted by molar-refractivity contribution is -0.117. The quantitative estimate of drug-likeness (QED) is 0.0298. The third kappa shape index (κ3) is 30.4. The number of fused-ring (bicyclic) bond motifs is 1. The molecule has 0 unspecified atom stereocenters. The van der Waals surface area contributed by atoms with E-state index in [-0.39, 0.29) is 53.3 Å². The SMILES string of the molecule is O=C(CCCc1ccccc1)Nc1ncc(-c2ccc(F)cc2)nc1CCC1CCCCC1.O=C(CCc1ccccc1)Nc1ncc(-c2ccc(F)cc2)nc1CCC1CCCCC1.O=C(Cc1ccc2ccccc2c1)Nc1ncc(-c2ccc(F)cc2)nc1CCC1CCCCC1.O=C(Cc1ccccc1)Nc1ncc(-c2ccc(F)cc2)nc1CCC1CCCCC1. The average molecular weight is 1760 g/mol. The molecular formula is C111H120F4N12O4. The summed E-state index contributed by atoms with van der Waals surface area (Å²) in [5.41, 5.74) is 13.6. The Morgan fingerprint density at radius 1 is 0.267 bits per heavy atom. The Morgan fingerprint density at radius 2 is 0.550 bits per heavy atom. The van der Waals surface area contributed by atoms with Gasteiger partial charge in [0.1, 0.15) is 23.3 Å². The van der Waals surface area contributed by atoms with Gasteiger partial charge in [0, 0.05) is 35.1 Å². The van der Waals surface area contributed by atoms with E-state index in [9.17, 15) is 36.7 Å². The van der Waals surface area contributed by atoms with Gasteiger partial charge in [0.2, 0.25) is 23.6 Å². The predicted octanol–water partition coefficient (Wildman–Crippen LogP) is 26.2. The van der Waals surface area contributed by atoms with Crippen molar-refractivity contribution >= 4 is 57.7 Å². The molecule has 4 amide bonds. The van der Waals surface area contributed by atoms with E-state index in [2.05, 4.69) is 71.5 Å². The van der Waals surface area contributed by atoms with Crippen LogP contribution >= 0.6 is 0 Å². The maximum atomic E-state index is 13.4. The largest absolute Gasteiger partial charge is 0.309 e. The molecule has 4 aromatic heterocycles. The molecule has 676 valence electrons. The molecule has 16 nitrogen and oxygen atoms in total. The topological polar surface area (TPSA) is 220 Å². The van der Waals surface area contributed by atoms with Crippen LogP contribution in [0, 0.1) is 46.9 Å². The summed E-state index contributed by atoms with van der Waals surface area (Å²) in [7, 11) is 0. The molecular weight excluding hydrogens is 1640 g/mol. The molecule has 17 rings (SSSR count). The Bertz CT molecular complexity index is 5780. The fourth-order valence-electron chi connectivity index (χ4n) is 18.2. The summed E-state index contributed by atoms with van der Waals surface area (Å²) in [6.07, 6.45) is 43.5. The predicted molar refractivity (Wildman–Crippen MR) is 516 cm³/mol. The first kappa shape index (κ1) is 94.3. The van der Waals surface area contributed by atoms with Crippen molar-refractivity contribution in [3.8, 4) is 45.0 Å². The normalized spacial score (nSPS) is 14.3. The zero-order valence-electron chi connectivity index (χ0n) is 75.0. The molecule has 4 fully saturated rings. The zero-order chi connectivity index (χ0) is 90.6. The van der Waals surface area contributed by atoms with Crippen LogP contribution in [0.15, 0.2) is 255 Å². The molecule has 131 heavy (non-hydrogen) atoms. The van der Waals surface area contributed by atoms with Crippen LogP contribution in [-0.2, 0) is 70.5 Å². The number of aryl methyl sites for hydroxylation is 6. The molecule has 0 atom stereocenters. The molecule has 4 saturated carbocycles. The Hall–Kier alpha value is -12.8.